The van der Waals surface area contributed by atoms with E-state index in [-0.39, 0.29) is 11.5 Å². The van der Waals surface area contributed by atoms with Gasteiger partial charge in [-0.25, -0.2) is 14.2 Å². The molecule has 0 saturated heterocycles. The summed E-state index contributed by atoms with van der Waals surface area (Å²) in [5.74, 6) is -1.43. The summed E-state index contributed by atoms with van der Waals surface area (Å²) in [5, 5.41) is 12.2. The second-order valence-corrected chi connectivity index (χ2v) is 4.09. The molecule has 1 aromatic heterocycles. The number of carboxylic acids is 1. The molecule has 0 saturated carbocycles. The van der Waals surface area contributed by atoms with Crippen molar-refractivity contribution in [1.29, 1.82) is 0 Å². The summed E-state index contributed by atoms with van der Waals surface area (Å²) in [6.07, 6.45) is 1.42. The van der Waals surface area contributed by atoms with E-state index in [1.165, 1.54) is 18.5 Å². The van der Waals surface area contributed by atoms with E-state index in [1.54, 1.807) is 10.6 Å². The molecule has 2 N–H and O–H groups in total. The molecule has 6 heteroatoms. The van der Waals surface area contributed by atoms with Crippen LogP contribution < -0.4 is 5.32 Å². The molecule has 20 heavy (non-hydrogen) atoms. The minimum absolute atomic E-state index is 0.000360. The van der Waals surface area contributed by atoms with Gasteiger partial charge in [-0.05, 0) is 17.7 Å². The molecule has 1 aromatic carbocycles. The maximum atomic E-state index is 13.3. The Hall–Kier alpha value is -2.21. The van der Waals surface area contributed by atoms with Crippen molar-refractivity contribution in [2.24, 2.45) is 0 Å². The predicted molar refractivity (Wildman–Crippen MR) is 72.4 cm³/mol. The molecule has 0 aliphatic carbocycles. The van der Waals surface area contributed by atoms with Crippen LogP contribution in [0.15, 0.2) is 24.5 Å². The first-order valence-electron chi connectivity index (χ1n) is 6.46. The Kier molecular flexibility index (Phi) is 4.14. The Bertz CT molecular complexity index is 637. The van der Waals surface area contributed by atoms with Crippen LogP contribution in [0.25, 0.3) is 5.69 Å². The summed E-state index contributed by atoms with van der Waals surface area (Å²) in [5.41, 5.74) is 2.07. The van der Waals surface area contributed by atoms with Crippen molar-refractivity contribution in [2.75, 3.05) is 0 Å². The highest BCUT2D eigenvalue weighted by molar-refractivity contribution is 5.87. The molecular weight excluding hydrogens is 261 g/mol. The Morgan fingerprint density at radius 3 is 2.85 bits per heavy atom. The van der Waals surface area contributed by atoms with Crippen LogP contribution in [0.1, 0.15) is 35.6 Å². The summed E-state index contributed by atoms with van der Waals surface area (Å²) in [6.45, 7) is 4.95. The van der Waals surface area contributed by atoms with Crippen LogP contribution in [-0.2, 0) is 13.1 Å². The zero-order chi connectivity index (χ0) is 14.7. The van der Waals surface area contributed by atoms with Crippen LogP contribution in [0, 0.1) is 5.82 Å². The third kappa shape index (κ3) is 2.42. The lowest BCUT2D eigenvalue weighted by molar-refractivity contribution is 0.0689. The Morgan fingerprint density at radius 2 is 2.15 bits per heavy atom. The molecule has 1 aliphatic rings. The van der Waals surface area contributed by atoms with Gasteiger partial charge in [0.15, 0.2) is 5.69 Å². The van der Waals surface area contributed by atoms with Crippen molar-refractivity contribution in [3.05, 3.63) is 47.3 Å². The van der Waals surface area contributed by atoms with Gasteiger partial charge < -0.3 is 15.0 Å². The van der Waals surface area contributed by atoms with Crippen LogP contribution >= 0.6 is 0 Å². The minimum atomic E-state index is -1.08. The van der Waals surface area contributed by atoms with Crippen molar-refractivity contribution < 1.29 is 14.3 Å². The number of fused-ring (bicyclic) bond motifs is 3. The molecule has 106 valence electrons. The summed E-state index contributed by atoms with van der Waals surface area (Å²) in [7, 11) is 0. The summed E-state index contributed by atoms with van der Waals surface area (Å²) >= 11 is 0. The fraction of sp³-hybridized carbons (Fsp3) is 0.286. The minimum Gasteiger partial charge on any atom is -0.476 e. The molecule has 0 spiro atoms. The van der Waals surface area contributed by atoms with Gasteiger partial charge in [0.05, 0.1) is 11.4 Å². The van der Waals surface area contributed by atoms with E-state index in [0.29, 0.717) is 24.5 Å². The largest absolute Gasteiger partial charge is 0.476 e. The first kappa shape index (κ1) is 14.2. The molecule has 2 heterocycles. The smallest absolute Gasteiger partial charge is 0.356 e. The molecular formula is C14H16FN3O2. The fourth-order valence-electron chi connectivity index (χ4n) is 2.16. The maximum Gasteiger partial charge on any atom is 0.356 e. The number of hydrogen-bond acceptors (Lipinski definition) is 3. The number of aromatic carboxylic acids is 1. The SMILES string of the molecule is CC.O=C(O)c1ncn2c1CNCc1ccc(F)cc1-2. The van der Waals surface area contributed by atoms with Crippen LogP contribution in [0.4, 0.5) is 4.39 Å². The Balaban J connectivity index is 0.000000704. The molecule has 3 rings (SSSR count). The predicted octanol–water partition coefficient (Wildman–Crippen LogP) is 2.34. The number of imidazole rings is 1. The van der Waals surface area contributed by atoms with E-state index in [0.717, 1.165) is 5.56 Å². The number of hydrogen-bond donors (Lipinski definition) is 2. The zero-order valence-electron chi connectivity index (χ0n) is 11.4. The molecule has 0 fully saturated rings. The number of rotatable bonds is 1. The average Bonchev–Trinajstić information content (AvgIpc) is 2.79. The molecule has 2 aromatic rings. The van der Waals surface area contributed by atoms with E-state index < -0.39 is 5.97 Å². The number of halogens is 1. The van der Waals surface area contributed by atoms with E-state index in [9.17, 15) is 9.18 Å². The summed E-state index contributed by atoms with van der Waals surface area (Å²) in [4.78, 5) is 14.9. The molecule has 0 bridgehead atoms. The van der Waals surface area contributed by atoms with Gasteiger partial charge in [0.2, 0.25) is 0 Å². The zero-order valence-corrected chi connectivity index (χ0v) is 11.4. The number of nitrogens with zero attached hydrogens (tertiary/aromatic N) is 2. The lowest BCUT2D eigenvalue weighted by Crippen LogP contribution is -2.14. The number of aromatic nitrogens is 2. The lowest BCUT2D eigenvalue weighted by Gasteiger charge is -2.08. The van der Waals surface area contributed by atoms with E-state index >= 15 is 0 Å². The van der Waals surface area contributed by atoms with Crippen molar-refractivity contribution in [2.45, 2.75) is 26.9 Å². The quantitative estimate of drug-likeness (QED) is 0.839. The second kappa shape index (κ2) is 5.83. The lowest BCUT2D eigenvalue weighted by atomic mass is 10.1. The average molecular weight is 277 g/mol. The highest BCUT2D eigenvalue weighted by Gasteiger charge is 2.21. The molecule has 0 radical (unpaired) electrons. The number of carbonyl (C=O) groups is 1. The van der Waals surface area contributed by atoms with Gasteiger partial charge in [-0.2, -0.15) is 0 Å². The van der Waals surface area contributed by atoms with Crippen molar-refractivity contribution in [3.63, 3.8) is 0 Å². The maximum absolute atomic E-state index is 13.3. The second-order valence-electron chi connectivity index (χ2n) is 4.09. The standard InChI is InChI=1S/C12H10FN3O2.C2H6/c13-8-2-1-7-4-14-5-10-11(12(17)18)15-6-16(10)9(7)3-8;1-2/h1-3,6,14H,4-5H2,(H,17,18);1-2H3. The third-order valence-corrected chi connectivity index (χ3v) is 2.98. The highest BCUT2D eigenvalue weighted by Crippen LogP contribution is 2.23. The van der Waals surface area contributed by atoms with E-state index in [2.05, 4.69) is 10.3 Å². The Morgan fingerprint density at radius 1 is 1.40 bits per heavy atom. The van der Waals surface area contributed by atoms with Gasteiger partial charge in [0.25, 0.3) is 0 Å². The van der Waals surface area contributed by atoms with Gasteiger partial charge in [0, 0.05) is 13.1 Å². The highest BCUT2D eigenvalue weighted by atomic mass is 19.1. The molecule has 0 unspecified atom stereocenters. The first-order chi connectivity index (χ1) is 9.66. The summed E-state index contributed by atoms with van der Waals surface area (Å²) < 4.78 is 14.9. The number of carboxylic acid groups (broad SMARTS) is 1. The molecule has 0 amide bonds. The van der Waals surface area contributed by atoms with Crippen LogP contribution in [0.5, 0.6) is 0 Å². The van der Waals surface area contributed by atoms with Crippen molar-refractivity contribution in [3.8, 4) is 5.69 Å². The van der Waals surface area contributed by atoms with Gasteiger partial charge >= 0.3 is 5.97 Å². The van der Waals surface area contributed by atoms with E-state index in [4.69, 9.17) is 5.11 Å². The van der Waals surface area contributed by atoms with Gasteiger partial charge in [-0.15, -0.1) is 0 Å². The number of nitrogens with one attached hydrogen (secondary N) is 1. The Labute approximate surface area is 116 Å². The normalized spacial score (nSPS) is 12.6. The van der Waals surface area contributed by atoms with Crippen LogP contribution in [0.3, 0.4) is 0 Å². The number of benzene rings is 1. The first-order valence-corrected chi connectivity index (χ1v) is 6.46. The molecule has 0 atom stereocenters. The van der Waals surface area contributed by atoms with Crippen molar-refractivity contribution >= 4 is 5.97 Å². The van der Waals surface area contributed by atoms with E-state index in [1.807, 2.05) is 13.8 Å². The van der Waals surface area contributed by atoms with Crippen LogP contribution in [-0.4, -0.2) is 20.6 Å². The third-order valence-electron chi connectivity index (χ3n) is 2.98. The fourth-order valence-corrected chi connectivity index (χ4v) is 2.16. The topological polar surface area (TPSA) is 67.1 Å². The van der Waals surface area contributed by atoms with Crippen molar-refractivity contribution in [1.82, 2.24) is 14.9 Å². The van der Waals surface area contributed by atoms with Gasteiger partial charge in [-0.3, -0.25) is 0 Å². The van der Waals surface area contributed by atoms with Crippen LogP contribution in [0.2, 0.25) is 0 Å². The molecule has 1 aliphatic heterocycles. The van der Waals surface area contributed by atoms with Gasteiger partial charge in [0.1, 0.15) is 12.1 Å². The monoisotopic (exact) mass is 277 g/mol. The molecule has 5 nitrogen and oxygen atoms in total. The van der Waals surface area contributed by atoms with Gasteiger partial charge in [-0.1, -0.05) is 19.9 Å². The summed E-state index contributed by atoms with van der Waals surface area (Å²) in [6, 6.07) is 4.47.